The Bertz CT molecular complexity index is 563. The highest BCUT2D eigenvalue weighted by molar-refractivity contribution is 5.25. The van der Waals surface area contributed by atoms with Crippen LogP contribution in [0.15, 0.2) is 48.5 Å². The molecular weight excluding hydrogens is 253 g/mol. The molecule has 0 spiro atoms. The SMILES string of the molecule is CC(C)(NCc1ccc(CO)cc1)c1cccc(F)c1. The van der Waals surface area contributed by atoms with Crippen LogP contribution in [0, 0.1) is 5.82 Å². The van der Waals surface area contributed by atoms with Crippen molar-refractivity contribution in [3.05, 3.63) is 71.0 Å². The second kappa shape index (κ2) is 6.16. The van der Waals surface area contributed by atoms with Crippen LogP contribution in [0.4, 0.5) is 4.39 Å². The van der Waals surface area contributed by atoms with Gasteiger partial charge < -0.3 is 10.4 Å². The maximum absolute atomic E-state index is 13.3. The molecule has 0 aliphatic heterocycles. The molecule has 0 aliphatic carbocycles. The van der Waals surface area contributed by atoms with E-state index >= 15 is 0 Å². The Balaban J connectivity index is 2.04. The van der Waals surface area contributed by atoms with Crippen LogP contribution in [0.5, 0.6) is 0 Å². The molecule has 2 aromatic rings. The number of nitrogens with one attached hydrogen (secondary N) is 1. The summed E-state index contributed by atoms with van der Waals surface area (Å²) in [6, 6.07) is 14.4. The zero-order valence-corrected chi connectivity index (χ0v) is 11.9. The molecule has 0 aromatic heterocycles. The molecule has 2 aromatic carbocycles. The highest BCUT2D eigenvalue weighted by Gasteiger charge is 2.19. The second-order valence-corrected chi connectivity index (χ2v) is 5.46. The zero-order valence-electron chi connectivity index (χ0n) is 11.9. The standard InChI is InChI=1S/C17H20FNO/c1-17(2,15-4-3-5-16(18)10-15)19-11-13-6-8-14(12-20)9-7-13/h3-10,19-20H,11-12H2,1-2H3. The van der Waals surface area contributed by atoms with E-state index in [2.05, 4.69) is 5.32 Å². The van der Waals surface area contributed by atoms with Gasteiger partial charge in [0.25, 0.3) is 0 Å². The maximum Gasteiger partial charge on any atom is 0.123 e. The van der Waals surface area contributed by atoms with Crippen LogP contribution < -0.4 is 5.32 Å². The lowest BCUT2D eigenvalue weighted by molar-refractivity contribution is 0.282. The van der Waals surface area contributed by atoms with Gasteiger partial charge in [0.2, 0.25) is 0 Å². The van der Waals surface area contributed by atoms with Crippen molar-refractivity contribution in [1.29, 1.82) is 0 Å². The third kappa shape index (κ3) is 3.65. The average molecular weight is 273 g/mol. The van der Waals surface area contributed by atoms with E-state index in [9.17, 15) is 4.39 Å². The van der Waals surface area contributed by atoms with Crippen molar-refractivity contribution in [3.63, 3.8) is 0 Å². The van der Waals surface area contributed by atoms with Gasteiger partial charge in [0.05, 0.1) is 6.61 Å². The van der Waals surface area contributed by atoms with Crippen LogP contribution in [-0.4, -0.2) is 5.11 Å². The summed E-state index contributed by atoms with van der Waals surface area (Å²) in [6.07, 6.45) is 0. The fraction of sp³-hybridized carbons (Fsp3) is 0.294. The van der Waals surface area contributed by atoms with E-state index in [1.54, 1.807) is 12.1 Å². The van der Waals surface area contributed by atoms with Crippen molar-refractivity contribution in [2.45, 2.75) is 32.5 Å². The van der Waals surface area contributed by atoms with E-state index in [4.69, 9.17) is 5.11 Å². The highest BCUT2D eigenvalue weighted by Crippen LogP contribution is 2.21. The summed E-state index contributed by atoms with van der Waals surface area (Å²) in [6.45, 7) is 4.81. The lowest BCUT2D eigenvalue weighted by Gasteiger charge is -2.27. The molecule has 0 radical (unpaired) electrons. The monoisotopic (exact) mass is 273 g/mol. The average Bonchev–Trinajstić information content (AvgIpc) is 2.46. The number of benzene rings is 2. The highest BCUT2D eigenvalue weighted by atomic mass is 19.1. The Hall–Kier alpha value is -1.71. The van der Waals surface area contributed by atoms with Crippen LogP contribution in [0.25, 0.3) is 0 Å². The summed E-state index contributed by atoms with van der Waals surface area (Å²) in [5, 5.41) is 12.4. The minimum Gasteiger partial charge on any atom is -0.392 e. The molecule has 0 bridgehead atoms. The molecule has 0 fully saturated rings. The van der Waals surface area contributed by atoms with Gasteiger partial charge in [0.1, 0.15) is 5.82 Å². The second-order valence-electron chi connectivity index (χ2n) is 5.46. The molecular formula is C17H20FNO. The van der Waals surface area contributed by atoms with Gasteiger partial charge in [-0.2, -0.15) is 0 Å². The van der Waals surface area contributed by atoms with Crippen LogP contribution in [0.3, 0.4) is 0 Å². The van der Waals surface area contributed by atoms with Crippen molar-refractivity contribution in [2.24, 2.45) is 0 Å². The van der Waals surface area contributed by atoms with Crippen LogP contribution in [-0.2, 0) is 18.7 Å². The fourth-order valence-corrected chi connectivity index (χ4v) is 2.06. The van der Waals surface area contributed by atoms with E-state index in [1.807, 2.05) is 44.2 Å². The van der Waals surface area contributed by atoms with E-state index in [0.29, 0.717) is 6.54 Å². The van der Waals surface area contributed by atoms with Gasteiger partial charge in [-0.3, -0.25) is 0 Å². The molecule has 2 rings (SSSR count). The van der Waals surface area contributed by atoms with Gasteiger partial charge in [-0.15, -0.1) is 0 Å². The van der Waals surface area contributed by atoms with Gasteiger partial charge in [-0.1, -0.05) is 36.4 Å². The quantitative estimate of drug-likeness (QED) is 0.875. The van der Waals surface area contributed by atoms with E-state index < -0.39 is 0 Å². The van der Waals surface area contributed by atoms with Crippen LogP contribution in [0.2, 0.25) is 0 Å². The zero-order chi connectivity index (χ0) is 14.6. The molecule has 2 N–H and O–H groups in total. The Morgan fingerprint density at radius 3 is 2.30 bits per heavy atom. The maximum atomic E-state index is 13.3. The molecule has 0 heterocycles. The third-order valence-corrected chi connectivity index (χ3v) is 3.49. The molecule has 0 saturated carbocycles. The minimum absolute atomic E-state index is 0.0580. The molecule has 106 valence electrons. The predicted molar refractivity (Wildman–Crippen MR) is 78.6 cm³/mol. The first-order chi connectivity index (χ1) is 9.51. The van der Waals surface area contributed by atoms with E-state index in [1.165, 1.54) is 6.07 Å². The number of hydrogen-bond acceptors (Lipinski definition) is 2. The number of aliphatic hydroxyl groups excluding tert-OH is 1. The van der Waals surface area contributed by atoms with Gasteiger partial charge in [-0.05, 0) is 42.7 Å². The normalized spacial score (nSPS) is 11.6. The smallest absolute Gasteiger partial charge is 0.123 e. The number of aliphatic hydroxyl groups is 1. The summed E-state index contributed by atoms with van der Waals surface area (Å²) in [7, 11) is 0. The topological polar surface area (TPSA) is 32.3 Å². The minimum atomic E-state index is -0.308. The summed E-state index contributed by atoms with van der Waals surface area (Å²) >= 11 is 0. The van der Waals surface area contributed by atoms with Crippen molar-refractivity contribution in [3.8, 4) is 0 Å². The van der Waals surface area contributed by atoms with Crippen molar-refractivity contribution in [1.82, 2.24) is 5.32 Å². The van der Waals surface area contributed by atoms with Gasteiger partial charge in [0, 0.05) is 12.1 Å². The Kier molecular flexibility index (Phi) is 4.53. The summed E-state index contributed by atoms with van der Waals surface area (Å²) in [4.78, 5) is 0. The lowest BCUT2D eigenvalue weighted by Crippen LogP contribution is -2.36. The summed E-state index contributed by atoms with van der Waals surface area (Å²) in [5.74, 6) is -0.218. The summed E-state index contributed by atoms with van der Waals surface area (Å²) < 4.78 is 13.3. The first-order valence-corrected chi connectivity index (χ1v) is 6.71. The van der Waals surface area contributed by atoms with Crippen molar-refractivity contribution in [2.75, 3.05) is 0 Å². The number of hydrogen-bond donors (Lipinski definition) is 2. The summed E-state index contributed by atoms with van der Waals surface area (Å²) in [5.41, 5.74) is 2.65. The van der Waals surface area contributed by atoms with Gasteiger partial charge in [-0.25, -0.2) is 4.39 Å². The molecule has 0 atom stereocenters. The molecule has 0 amide bonds. The molecule has 0 saturated heterocycles. The Morgan fingerprint density at radius 1 is 1.05 bits per heavy atom. The molecule has 0 unspecified atom stereocenters. The molecule has 20 heavy (non-hydrogen) atoms. The first-order valence-electron chi connectivity index (χ1n) is 6.71. The van der Waals surface area contributed by atoms with E-state index in [-0.39, 0.29) is 18.0 Å². The lowest BCUT2D eigenvalue weighted by atomic mass is 9.94. The first kappa shape index (κ1) is 14.7. The van der Waals surface area contributed by atoms with E-state index in [0.717, 1.165) is 16.7 Å². The van der Waals surface area contributed by atoms with Gasteiger partial charge >= 0.3 is 0 Å². The Morgan fingerprint density at radius 2 is 1.70 bits per heavy atom. The van der Waals surface area contributed by atoms with Gasteiger partial charge in [0.15, 0.2) is 0 Å². The fourth-order valence-electron chi connectivity index (χ4n) is 2.06. The predicted octanol–water partition coefficient (Wildman–Crippen LogP) is 3.34. The third-order valence-electron chi connectivity index (χ3n) is 3.49. The van der Waals surface area contributed by atoms with Crippen molar-refractivity contribution < 1.29 is 9.50 Å². The molecule has 2 nitrogen and oxygen atoms in total. The Labute approximate surface area is 119 Å². The van der Waals surface area contributed by atoms with Crippen LogP contribution >= 0.6 is 0 Å². The number of rotatable bonds is 5. The largest absolute Gasteiger partial charge is 0.392 e. The van der Waals surface area contributed by atoms with Crippen molar-refractivity contribution >= 4 is 0 Å². The molecule has 0 aliphatic rings. The van der Waals surface area contributed by atoms with Crippen LogP contribution in [0.1, 0.15) is 30.5 Å². The molecule has 3 heteroatoms. The number of halogens is 1.